The Kier molecular flexibility index (Phi) is 5.62. The molecule has 1 aromatic rings. The lowest BCUT2D eigenvalue weighted by Crippen LogP contribution is -2.34. The molecular formula is C14H17BrF3NO. The van der Waals surface area contributed by atoms with Crippen molar-refractivity contribution in [2.24, 2.45) is 5.92 Å². The van der Waals surface area contributed by atoms with E-state index in [4.69, 9.17) is 0 Å². The van der Waals surface area contributed by atoms with Gasteiger partial charge in [-0.1, -0.05) is 13.8 Å². The molecule has 0 N–H and O–H groups in total. The van der Waals surface area contributed by atoms with E-state index in [1.165, 1.54) is 6.07 Å². The maximum absolute atomic E-state index is 12.7. The predicted molar refractivity (Wildman–Crippen MR) is 75.6 cm³/mol. The van der Waals surface area contributed by atoms with E-state index in [1.54, 1.807) is 4.90 Å². The minimum Gasteiger partial charge on any atom is -0.339 e. The number of carbonyl (C=O) groups excluding carboxylic acids is 1. The summed E-state index contributed by atoms with van der Waals surface area (Å²) in [4.78, 5) is 13.9. The van der Waals surface area contributed by atoms with Gasteiger partial charge >= 0.3 is 6.18 Å². The van der Waals surface area contributed by atoms with E-state index in [9.17, 15) is 18.0 Å². The molecule has 112 valence electrons. The summed E-state index contributed by atoms with van der Waals surface area (Å²) in [7, 11) is 0. The Bertz CT molecular complexity index is 486. The second-order valence-corrected chi connectivity index (χ2v) is 5.78. The van der Waals surface area contributed by atoms with Crippen LogP contribution in [0.25, 0.3) is 0 Å². The highest BCUT2D eigenvalue weighted by molar-refractivity contribution is 9.10. The summed E-state index contributed by atoms with van der Waals surface area (Å²) in [5, 5.41) is 0. The van der Waals surface area contributed by atoms with Crippen LogP contribution in [0.2, 0.25) is 0 Å². The van der Waals surface area contributed by atoms with E-state index >= 15 is 0 Å². The molecule has 0 heterocycles. The maximum atomic E-state index is 12.7. The Balaban J connectivity index is 3.14. The molecular weight excluding hydrogens is 335 g/mol. The molecule has 1 rings (SSSR count). The SMILES string of the molecule is CCN(CC(C)C)C(=O)c1cc(C(F)(F)F)ccc1Br. The number of alkyl halides is 3. The van der Waals surface area contributed by atoms with Crippen molar-refractivity contribution in [2.75, 3.05) is 13.1 Å². The number of rotatable bonds is 4. The lowest BCUT2D eigenvalue weighted by Gasteiger charge is -2.24. The molecule has 0 aliphatic rings. The highest BCUT2D eigenvalue weighted by atomic mass is 79.9. The number of hydrogen-bond acceptors (Lipinski definition) is 1. The summed E-state index contributed by atoms with van der Waals surface area (Å²) in [6, 6.07) is 3.12. The summed E-state index contributed by atoms with van der Waals surface area (Å²) in [6.45, 7) is 6.69. The third kappa shape index (κ3) is 4.23. The van der Waals surface area contributed by atoms with Gasteiger partial charge in [0.25, 0.3) is 5.91 Å². The van der Waals surface area contributed by atoms with Gasteiger partial charge in [0.2, 0.25) is 0 Å². The minimum atomic E-state index is -4.45. The van der Waals surface area contributed by atoms with E-state index in [0.29, 0.717) is 17.6 Å². The van der Waals surface area contributed by atoms with Crippen LogP contribution in [-0.2, 0) is 6.18 Å². The fourth-order valence-corrected chi connectivity index (χ4v) is 2.25. The van der Waals surface area contributed by atoms with Gasteiger partial charge < -0.3 is 4.90 Å². The normalized spacial score (nSPS) is 11.8. The van der Waals surface area contributed by atoms with Gasteiger partial charge in [-0.15, -0.1) is 0 Å². The van der Waals surface area contributed by atoms with Gasteiger partial charge in [0.1, 0.15) is 0 Å². The van der Waals surface area contributed by atoms with E-state index < -0.39 is 11.7 Å². The summed E-state index contributed by atoms with van der Waals surface area (Å²) < 4.78 is 38.5. The van der Waals surface area contributed by atoms with Crippen molar-refractivity contribution in [1.29, 1.82) is 0 Å². The molecule has 0 atom stereocenters. The lowest BCUT2D eigenvalue weighted by molar-refractivity contribution is -0.137. The second kappa shape index (κ2) is 6.61. The quantitative estimate of drug-likeness (QED) is 0.776. The van der Waals surface area contributed by atoms with Crippen LogP contribution in [0.4, 0.5) is 13.2 Å². The van der Waals surface area contributed by atoms with Gasteiger partial charge in [-0.05, 0) is 47.0 Å². The molecule has 0 saturated carbocycles. The number of benzene rings is 1. The smallest absolute Gasteiger partial charge is 0.339 e. The monoisotopic (exact) mass is 351 g/mol. The van der Waals surface area contributed by atoms with E-state index in [2.05, 4.69) is 15.9 Å². The zero-order valence-electron chi connectivity index (χ0n) is 11.6. The molecule has 0 aromatic heterocycles. The van der Waals surface area contributed by atoms with E-state index in [-0.39, 0.29) is 17.4 Å². The van der Waals surface area contributed by atoms with Crippen LogP contribution >= 0.6 is 15.9 Å². The number of nitrogens with zero attached hydrogens (tertiary/aromatic N) is 1. The third-order valence-corrected chi connectivity index (χ3v) is 3.47. The topological polar surface area (TPSA) is 20.3 Å². The zero-order chi connectivity index (χ0) is 15.5. The molecule has 6 heteroatoms. The molecule has 0 aliphatic carbocycles. The lowest BCUT2D eigenvalue weighted by atomic mass is 10.1. The molecule has 0 radical (unpaired) electrons. The van der Waals surface area contributed by atoms with Crippen molar-refractivity contribution < 1.29 is 18.0 Å². The van der Waals surface area contributed by atoms with Crippen molar-refractivity contribution in [1.82, 2.24) is 4.90 Å². The van der Waals surface area contributed by atoms with E-state index in [0.717, 1.165) is 12.1 Å². The Morgan fingerprint density at radius 3 is 2.40 bits per heavy atom. The van der Waals surface area contributed by atoms with Crippen molar-refractivity contribution >= 4 is 21.8 Å². The average Bonchev–Trinajstić information content (AvgIpc) is 2.34. The Labute approximate surface area is 125 Å². The van der Waals surface area contributed by atoms with Crippen LogP contribution in [0.5, 0.6) is 0 Å². The van der Waals surface area contributed by atoms with Crippen molar-refractivity contribution in [3.8, 4) is 0 Å². The molecule has 0 unspecified atom stereocenters. The molecule has 0 bridgehead atoms. The fourth-order valence-electron chi connectivity index (χ4n) is 1.83. The first-order valence-electron chi connectivity index (χ1n) is 6.32. The van der Waals surface area contributed by atoms with Gasteiger partial charge in [-0.25, -0.2) is 0 Å². The van der Waals surface area contributed by atoms with Gasteiger partial charge in [-0.2, -0.15) is 13.2 Å². The van der Waals surface area contributed by atoms with Crippen LogP contribution in [0.1, 0.15) is 36.7 Å². The molecule has 0 fully saturated rings. The first-order valence-corrected chi connectivity index (χ1v) is 7.12. The second-order valence-electron chi connectivity index (χ2n) is 4.93. The Hall–Kier alpha value is -1.04. The Morgan fingerprint density at radius 2 is 1.95 bits per heavy atom. The predicted octanol–water partition coefficient (Wildman–Crippen LogP) is 4.59. The first-order chi connectivity index (χ1) is 9.16. The van der Waals surface area contributed by atoms with E-state index in [1.807, 2.05) is 20.8 Å². The largest absolute Gasteiger partial charge is 0.416 e. The summed E-state index contributed by atoms with van der Waals surface area (Å²) in [6.07, 6.45) is -4.45. The molecule has 0 aliphatic heterocycles. The number of carbonyl (C=O) groups is 1. The maximum Gasteiger partial charge on any atom is 0.416 e. The molecule has 0 spiro atoms. The third-order valence-electron chi connectivity index (χ3n) is 2.78. The molecule has 0 saturated heterocycles. The Morgan fingerprint density at radius 1 is 1.35 bits per heavy atom. The van der Waals surface area contributed by atoms with Crippen LogP contribution < -0.4 is 0 Å². The van der Waals surface area contributed by atoms with Crippen LogP contribution in [-0.4, -0.2) is 23.9 Å². The highest BCUT2D eigenvalue weighted by Crippen LogP contribution is 2.32. The molecule has 1 aromatic carbocycles. The van der Waals surface area contributed by atoms with Gasteiger partial charge in [0.15, 0.2) is 0 Å². The molecule has 20 heavy (non-hydrogen) atoms. The van der Waals surface area contributed by atoms with Gasteiger partial charge in [-0.3, -0.25) is 4.79 Å². The standard InChI is InChI=1S/C14H17BrF3NO/c1-4-19(8-9(2)3)13(20)11-7-10(14(16,17)18)5-6-12(11)15/h5-7,9H,4,8H2,1-3H3. The molecule has 1 amide bonds. The van der Waals surface area contributed by atoms with Gasteiger partial charge in [0.05, 0.1) is 11.1 Å². The average molecular weight is 352 g/mol. The fraction of sp³-hybridized carbons (Fsp3) is 0.500. The highest BCUT2D eigenvalue weighted by Gasteiger charge is 2.32. The van der Waals surface area contributed by atoms with Crippen molar-refractivity contribution in [2.45, 2.75) is 26.9 Å². The summed E-state index contributed by atoms with van der Waals surface area (Å²) in [5.41, 5.74) is -0.771. The van der Waals surface area contributed by atoms with Gasteiger partial charge in [0, 0.05) is 17.6 Å². The summed E-state index contributed by atoms with van der Waals surface area (Å²) >= 11 is 3.15. The number of hydrogen-bond donors (Lipinski definition) is 0. The van der Waals surface area contributed by atoms with Crippen LogP contribution in [0.3, 0.4) is 0 Å². The number of amides is 1. The first kappa shape index (κ1) is 17.0. The minimum absolute atomic E-state index is 0.0438. The van der Waals surface area contributed by atoms with Crippen LogP contribution in [0, 0.1) is 5.92 Å². The van der Waals surface area contributed by atoms with Crippen LogP contribution in [0.15, 0.2) is 22.7 Å². The summed E-state index contributed by atoms with van der Waals surface area (Å²) in [5.74, 6) is -0.136. The number of halogens is 4. The molecule has 2 nitrogen and oxygen atoms in total. The van der Waals surface area contributed by atoms with Crippen molar-refractivity contribution in [3.63, 3.8) is 0 Å². The van der Waals surface area contributed by atoms with Crippen molar-refractivity contribution in [3.05, 3.63) is 33.8 Å². The zero-order valence-corrected chi connectivity index (χ0v) is 13.2.